The van der Waals surface area contributed by atoms with E-state index in [1.165, 1.54) is 17.3 Å². The second-order valence-electron chi connectivity index (χ2n) is 6.74. The first-order valence-electron chi connectivity index (χ1n) is 9.11. The fraction of sp³-hybridized carbons (Fsp3) is 0.286. The van der Waals surface area contributed by atoms with Crippen molar-refractivity contribution in [3.8, 4) is 5.75 Å². The van der Waals surface area contributed by atoms with Gasteiger partial charge in [-0.2, -0.15) is 0 Å². The third-order valence-corrected chi connectivity index (χ3v) is 5.89. The van der Waals surface area contributed by atoms with E-state index in [4.69, 9.17) is 16.3 Å². The molecule has 0 fully saturated rings. The number of hydrogen-bond acceptors (Lipinski definition) is 5. The van der Waals surface area contributed by atoms with Crippen molar-refractivity contribution in [3.05, 3.63) is 63.9 Å². The summed E-state index contributed by atoms with van der Waals surface area (Å²) in [6.07, 6.45) is 0. The molecule has 0 unspecified atom stereocenters. The molecule has 0 aliphatic carbocycles. The zero-order chi connectivity index (χ0) is 21.0. The van der Waals surface area contributed by atoms with E-state index in [2.05, 4.69) is 28.5 Å². The minimum absolute atomic E-state index is 0.114. The van der Waals surface area contributed by atoms with Gasteiger partial charge in [-0.3, -0.25) is 4.79 Å². The van der Waals surface area contributed by atoms with Crippen LogP contribution in [0.2, 0.25) is 5.02 Å². The summed E-state index contributed by atoms with van der Waals surface area (Å²) in [5, 5.41) is 12.6. The first-order chi connectivity index (χ1) is 13.8. The van der Waals surface area contributed by atoms with Crippen LogP contribution in [-0.4, -0.2) is 26.4 Å². The van der Waals surface area contributed by atoms with Gasteiger partial charge in [0, 0.05) is 17.8 Å². The van der Waals surface area contributed by atoms with Crippen molar-refractivity contribution in [3.63, 3.8) is 0 Å². The highest BCUT2D eigenvalue weighted by molar-refractivity contribution is 7.99. The summed E-state index contributed by atoms with van der Waals surface area (Å²) in [5.74, 6) is 1.64. The Morgan fingerprint density at radius 3 is 2.72 bits per heavy atom. The number of benzene rings is 2. The van der Waals surface area contributed by atoms with Gasteiger partial charge < -0.3 is 14.6 Å². The Bertz CT molecular complexity index is 1040. The topological polar surface area (TPSA) is 69.0 Å². The summed E-state index contributed by atoms with van der Waals surface area (Å²) in [6, 6.07) is 11.3. The molecule has 0 bridgehead atoms. The van der Waals surface area contributed by atoms with Gasteiger partial charge in [0.1, 0.15) is 12.4 Å². The third-order valence-electron chi connectivity index (χ3n) is 4.63. The number of aryl methyl sites for hydroxylation is 2. The fourth-order valence-electron chi connectivity index (χ4n) is 2.70. The molecule has 1 aromatic heterocycles. The van der Waals surface area contributed by atoms with Gasteiger partial charge in [0.05, 0.1) is 5.75 Å². The van der Waals surface area contributed by atoms with Crippen molar-refractivity contribution in [1.29, 1.82) is 0 Å². The molecule has 29 heavy (non-hydrogen) atoms. The number of rotatable bonds is 7. The van der Waals surface area contributed by atoms with Crippen LogP contribution in [0.5, 0.6) is 5.75 Å². The van der Waals surface area contributed by atoms with E-state index in [1.54, 1.807) is 12.1 Å². The summed E-state index contributed by atoms with van der Waals surface area (Å²) in [4.78, 5) is 12.3. The Balaban J connectivity index is 1.56. The lowest BCUT2D eigenvalue weighted by Gasteiger charge is -2.11. The quantitative estimate of drug-likeness (QED) is 0.550. The molecule has 1 N–H and O–H groups in total. The maximum Gasteiger partial charge on any atom is 0.234 e. The van der Waals surface area contributed by atoms with Gasteiger partial charge in [0.25, 0.3) is 0 Å². The van der Waals surface area contributed by atoms with Crippen LogP contribution in [0.1, 0.15) is 22.5 Å². The molecular weight excluding hydrogens is 408 g/mol. The standard InChI is InChI=1S/C21H23ClN4O2S/c1-13-6-5-7-18(15(13)3)28-11-19-24-25-21(26(19)4)29-12-20(27)23-17-9-8-16(22)10-14(17)2/h5-10H,11-12H2,1-4H3,(H,23,27). The maximum absolute atomic E-state index is 12.3. The average Bonchev–Trinajstić information content (AvgIpc) is 3.03. The number of ether oxygens (including phenoxy) is 1. The Labute approximate surface area is 179 Å². The molecule has 0 aliphatic rings. The predicted molar refractivity (Wildman–Crippen MR) is 117 cm³/mol. The van der Waals surface area contributed by atoms with Crippen molar-refractivity contribution in [1.82, 2.24) is 14.8 Å². The normalized spacial score (nSPS) is 10.8. The van der Waals surface area contributed by atoms with E-state index in [-0.39, 0.29) is 11.7 Å². The van der Waals surface area contributed by atoms with Crippen LogP contribution in [0.3, 0.4) is 0 Å². The number of nitrogens with zero attached hydrogens (tertiary/aromatic N) is 3. The molecule has 0 saturated carbocycles. The SMILES string of the molecule is Cc1cc(Cl)ccc1NC(=O)CSc1nnc(COc2cccc(C)c2C)n1C. The lowest BCUT2D eigenvalue weighted by atomic mass is 10.1. The first kappa shape index (κ1) is 21.2. The number of amides is 1. The molecule has 6 nitrogen and oxygen atoms in total. The summed E-state index contributed by atoms with van der Waals surface area (Å²) >= 11 is 7.28. The summed E-state index contributed by atoms with van der Waals surface area (Å²) in [5.41, 5.74) is 3.96. The average molecular weight is 431 g/mol. The highest BCUT2D eigenvalue weighted by Crippen LogP contribution is 2.23. The van der Waals surface area contributed by atoms with Gasteiger partial charge >= 0.3 is 0 Å². The van der Waals surface area contributed by atoms with E-state index in [9.17, 15) is 4.79 Å². The number of carbonyl (C=O) groups is 1. The highest BCUT2D eigenvalue weighted by Gasteiger charge is 2.13. The zero-order valence-corrected chi connectivity index (χ0v) is 18.4. The number of nitrogens with one attached hydrogen (secondary N) is 1. The van der Waals surface area contributed by atoms with E-state index in [1.807, 2.05) is 43.7 Å². The molecular formula is C21H23ClN4O2S. The number of hydrogen-bond donors (Lipinski definition) is 1. The molecule has 3 aromatic rings. The van der Waals surface area contributed by atoms with Crippen molar-refractivity contribution in [2.24, 2.45) is 7.05 Å². The minimum atomic E-state index is -0.114. The van der Waals surface area contributed by atoms with E-state index in [0.29, 0.717) is 22.6 Å². The Morgan fingerprint density at radius 1 is 1.17 bits per heavy atom. The molecule has 0 radical (unpaired) electrons. The monoisotopic (exact) mass is 430 g/mol. The molecule has 2 aromatic carbocycles. The highest BCUT2D eigenvalue weighted by atomic mass is 35.5. The molecule has 3 rings (SSSR count). The van der Waals surface area contributed by atoms with Gasteiger partial charge in [-0.1, -0.05) is 35.5 Å². The smallest absolute Gasteiger partial charge is 0.234 e. The molecule has 0 spiro atoms. The van der Waals surface area contributed by atoms with Crippen LogP contribution in [-0.2, 0) is 18.4 Å². The van der Waals surface area contributed by atoms with Crippen LogP contribution in [0.15, 0.2) is 41.6 Å². The molecule has 0 atom stereocenters. The second-order valence-corrected chi connectivity index (χ2v) is 8.12. The van der Waals surface area contributed by atoms with E-state index in [0.717, 1.165) is 22.6 Å². The Morgan fingerprint density at radius 2 is 1.97 bits per heavy atom. The summed E-state index contributed by atoms with van der Waals surface area (Å²) < 4.78 is 7.75. The van der Waals surface area contributed by atoms with Crippen LogP contribution in [0.25, 0.3) is 0 Å². The van der Waals surface area contributed by atoms with Gasteiger partial charge in [0.15, 0.2) is 11.0 Å². The van der Waals surface area contributed by atoms with Gasteiger partial charge in [0.2, 0.25) is 5.91 Å². The van der Waals surface area contributed by atoms with Crippen LogP contribution < -0.4 is 10.1 Å². The summed E-state index contributed by atoms with van der Waals surface area (Å²) in [7, 11) is 1.87. The molecule has 1 heterocycles. The first-order valence-corrected chi connectivity index (χ1v) is 10.5. The maximum atomic E-state index is 12.3. The molecule has 0 aliphatic heterocycles. The fourth-order valence-corrected chi connectivity index (χ4v) is 3.66. The van der Waals surface area contributed by atoms with Gasteiger partial charge in [-0.25, -0.2) is 0 Å². The Kier molecular flexibility index (Phi) is 6.82. The lowest BCUT2D eigenvalue weighted by molar-refractivity contribution is -0.113. The van der Waals surface area contributed by atoms with Crippen LogP contribution in [0.4, 0.5) is 5.69 Å². The minimum Gasteiger partial charge on any atom is -0.485 e. The van der Waals surface area contributed by atoms with Gasteiger partial charge in [-0.15, -0.1) is 10.2 Å². The zero-order valence-electron chi connectivity index (χ0n) is 16.8. The summed E-state index contributed by atoms with van der Waals surface area (Å²) in [6.45, 7) is 6.30. The van der Waals surface area contributed by atoms with E-state index < -0.39 is 0 Å². The molecule has 0 saturated heterocycles. The number of aromatic nitrogens is 3. The largest absolute Gasteiger partial charge is 0.485 e. The number of anilines is 1. The molecule has 8 heteroatoms. The van der Waals surface area contributed by atoms with Crippen molar-refractivity contribution in [2.45, 2.75) is 32.5 Å². The van der Waals surface area contributed by atoms with Crippen molar-refractivity contribution >= 4 is 35.0 Å². The Hall–Kier alpha value is -2.51. The van der Waals surface area contributed by atoms with E-state index >= 15 is 0 Å². The van der Waals surface area contributed by atoms with Crippen molar-refractivity contribution < 1.29 is 9.53 Å². The lowest BCUT2D eigenvalue weighted by Crippen LogP contribution is -2.15. The number of halogens is 1. The van der Waals surface area contributed by atoms with Crippen LogP contribution >= 0.6 is 23.4 Å². The van der Waals surface area contributed by atoms with Gasteiger partial charge in [-0.05, 0) is 61.7 Å². The predicted octanol–water partition coefficient (Wildman–Crippen LogP) is 4.70. The number of thioether (sulfide) groups is 1. The van der Waals surface area contributed by atoms with Crippen molar-refractivity contribution in [2.75, 3.05) is 11.1 Å². The second kappa shape index (κ2) is 9.33. The molecule has 152 valence electrons. The van der Waals surface area contributed by atoms with Crippen LogP contribution in [0, 0.1) is 20.8 Å². The molecule has 1 amide bonds. The number of carbonyl (C=O) groups excluding carboxylic acids is 1. The third kappa shape index (κ3) is 5.31.